The van der Waals surface area contributed by atoms with E-state index in [0.29, 0.717) is 51.1 Å². The van der Waals surface area contributed by atoms with Crippen LogP contribution in [0.4, 0.5) is 0 Å². The van der Waals surface area contributed by atoms with Gasteiger partial charge < -0.3 is 61.6 Å². The molecule has 8 aromatic carbocycles. The molecule has 0 unspecified atom stereocenters. The van der Waals surface area contributed by atoms with Gasteiger partial charge >= 0.3 is 0 Å². The molecule has 0 amide bonds. The third kappa shape index (κ3) is 39.0. The van der Waals surface area contributed by atoms with Crippen molar-refractivity contribution in [3.8, 4) is 17.2 Å². The Hall–Kier alpha value is -6.89. The summed E-state index contributed by atoms with van der Waals surface area (Å²) in [5, 5.41) is 0. The minimum atomic E-state index is -1.05. The molecule has 2 aliphatic heterocycles. The maximum atomic E-state index is 7.79. The Morgan fingerprint density at radius 1 is 0.242 bits per heavy atom. The summed E-state index contributed by atoms with van der Waals surface area (Å²) in [5.41, 5.74) is 7.45. The molecule has 13 nitrogen and oxygen atoms in total. The fraction of sp³-hybridized carbons (Fsp3) is 0.564. The standard InChI is InChI=1S/C110H154O13S/c1-4-7-10-13-16-19-22-25-28-31-34-58-75-112-98-78-97(79-99(113-76-59-35-32-29-26-23-20-17-14-11-8-5-2)102(98)114-77-60-36-33-30-27-24-21-18-15-12-9-6-3)89-124-110-108(120-86-96-73-56-43-57-74-96)106(118-84-94-69-52-41-53-70-94)104(116-82-92-65-48-39-49-66-92)101(123-110)88-121-109-107(119-85-95-71-54-42-55-72-95)105(117-83-93-67-50-40-51-68-93)103(115-81-91-63-46-38-47-64-91)100(122-109)87-111-80-90-61-44-37-45-62-90/h37-57,61-74,78-79,100-101,103-110H,4-36,58-60,75-77,80-89H2,1-3H3/t100-,101-,103-,104-,105+,106+,107-,108-,109+,110+/m1/s1. The summed E-state index contributed by atoms with van der Waals surface area (Å²) in [4.78, 5) is 0. The van der Waals surface area contributed by atoms with Crippen LogP contribution in [0.2, 0.25) is 0 Å². The molecule has 8 aromatic rings. The van der Waals surface area contributed by atoms with Gasteiger partial charge in [0.1, 0.15) is 54.3 Å². The van der Waals surface area contributed by atoms with Gasteiger partial charge in [-0.2, -0.15) is 0 Å². The predicted octanol–water partition coefficient (Wildman–Crippen LogP) is 28.4. The number of hydrogen-bond donors (Lipinski definition) is 0. The van der Waals surface area contributed by atoms with Gasteiger partial charge in [-0.05, 0) is 75.9 Å². The molecule has 2 saturated heterocycles. The average molecular weight is 1720 g/mol. The minimum Gasteiger partial charge on any atom is -0.490 e. The first kappa shape index (κ1) is 99.3. The lowest BCUT2D eigenvalue weighted by atomic mass is 9.97. The van der Waals surface area contributed by atoms with Crippen LogP contribution in [-0.4, -0.2) is 93.6 Å². The molecule has 14 heteroatoms. The predicted molar refractivity (Wildman–Crippen MR) is 507 cm³/mol. The first-order valence-electron chi connectivity index (χ1n) is 48.7. The molecule has 10 atom stereocenters. The van der Waals surface area contributed by atoms with Crippen LogP contribution in [0.1, 0.15) is 296 Å². The van der Waals surface area contributed by atoms with E-state index >= 15 is 0 Å². The quantitative estimate of drug-likeness (QED) is 0.0336. The van der Waals surface area contributed by atoms with Crippen molar-refractivity contribution < 1.29 is 61.6 Å². The Balaban J connectivity index is 0.982. The van der Waals surface area contributed by atoms with Gasteiger partial charge in [0.05, 0.1) is 79.3 Å². The van der Waals surface area contributed by atoms with Gasteiger partial charge in [0, 0.05) is 5.75 Å². The zero-order valence-electron chi connectivity index (χ0n) is 76.0. The van der Waals surface area contributed by atoms with E-state index in [1.807, 2.05) is 103 Å². The molecule has 678 valence electrons. The van der Waals surface area contributed by atoms with Crippen LogP contribution >= 0.6 is 11.8 Å². The van der Waals surface area contributed by atoms with E-state index < -0.39 is 60.6 Å². The van der Waals surface area contributed by atoms with Crippen LogP contribution in [0.3, 0.4) is 0 Å². The summed E-state index contributed by atoms with van der Waals surface area (Å²) in [6.45, 7) is 10.8. The second kappa shape index (κ2) is 63.1. The normalized spacial score (nSPS) is 19.0. The molecule has 0 N–H and O–H groups in total. The number of thioether (sulfide) groups is 1. The zero-order valence-corrected chi connectivity index (χ0v) is 76.8. The van der Waals surface area contributed by atoms with Crippen LogP contribution in [-0.2, 0) is 99.4 Å². The highest BCUT2D eigenvalue weighted by atomic mass is 32.2. The van der Waals surface area contributed by atoms with Crippen molar-refractivity contribution in [1.29, 1.82) is 0 Å². The summed E-state index contributed by atoms with van der Waals surface area (Å²) >= 11 is 1.68. The number of rotatable bonds is 70. The Labute approximate surface area is 752 Å². The van der Waals surface area contributed by atoms with E-state index in [4.69, 9.17) is 61.6 Å². The highest BCUT2D eigenvalue weighted by Crippen LogP contribution is 2.44. The third-order valence-corrected chi connectivity index (χ3v) is 25.2. The van der Waals surface area contributed by atoms with Crippen molar-refractivity contribution in [2.24, 2.45) is 0 Å². The fourth-order valence-electron chi connectivity index (χ4n) is 16.7. The van der Waals surface area contributed by atoms with Crippen molar-refractivity contribution in [2.75, 3.05) is 33.0 Å². The van der Waals surface area contributed by atoms with Gasteiger partial charge in [-0.25, -0.2) is 0 Å². The first-order valence-corrected chi connectivity index (χ1v) is 49.7. The Morgan fingerprint density at radius 2 is 0.508 bits per heavy atom. The number of ether oxygens (including phenoxy) is 13. The van der Waals surface area contributed by atoms with Crippen LogP contribution in [0.25, 0.3) is 0 Å². The van der Waals surface area contributed by atoms with E-state index in [9.17, 15) is 0 Å². The van der Waals surface area contributed by atoms with Gasteiger partial charge in [-0.3, -0.25) is 0 Å². The average Bonchev–Trinajstić information content (AvgIpc) is 0.783. The summed E-state index contributed by atoms with van der Waals surface area (Å²) in [6.07, 6.45) is 38.9. The van der Waals surface area contributed by atoms with Gasteiger partial charge in [-0.1, -0.05) is 445 Å². The number of hydrogen-bond acceptors (Lipinski definition) is 14. The lowest BCUT2D eigenvalue weighted by Crippen LogP contribution is -2.63. The van der Waals surface area contributed by atoms with E-state index in [-0.39, 0.29) is 39.6 Å². The molecule has 10 rings (SSSR count). The second-order valence-electron chi connectivity index (χ2n) is 34.4. The Kier molecular flexibility index (Phi) is 50.5. The third-order valence-electron chi connectivity index (χ3n) is 24.0. The topological polar surface area (TPSA) is 120 Å². The smallest absolute Gasteiger partial charge is 0.203 e. The Bertz CT molecular complexity index is 3820. The molecule has 0 saturated carbocycles. The second-order valence-corrected chi connectivity index (χ2v) is 35.5. The summed E-state index contributed by atoms with van der Waals surface area (Å²) < 4.78 is 94.6. The SMILES string of the molecule is CCCCCCCCCCCCCCOc1cc(CS[C@@H]2O[C@H](CO[C@H]3O[C@H](COCc4ccccc4)[C@@H](OCc4ccccc4)[C@H](OCc4ccccc4)[C@H]3OCc3ccccc3)[C@@H](OCc3ccccc3)[C@H](OCc3ccccc3)[C@H]2OCc2ccccc2)cc(OCCCCCCCCCCCCCC)c1OCCCCCCCCCCCCCC. The van der Waals surface area contributed by atoms with Gasteiger partial charge in [-0.15, -0.1) is 11.8 Å². The largest absolute Gasteiger partial charge is 0.490 e. The van der Waals surface area contributed by atoms with Gasteiger partial charge in [0.25, 0.3) is 0 Å². The van der Waals surface area contributed by atoms with Gasteiger partial charge in [0.15, 0.2) is 17.8 Å². The first-order chi connectivity index (χ1) is 61.5. The van der Waals surface area contributed by atoms with Crippen LogP contribution < -0.4 is 14.2 Å². The summed E-state index contributed by atoms with van der Waals surface area (Å²) in [6, 6.07) is 76.4. The molecular formula is C110H154O13S. The van der Waals surface area contributed by atoms with Crippen molar-refractivity contribution in [3.05, 3.63) is 269 Å². The fourth-order valence-corrected chi connectivity index (χ4v) is 17.9. The molecule has 0 aliphatic carbocycles. The molecule has 0 radical (unpaired) electrons. The summed E-state index contributed by atoms with van der Waals surface area (Å²) in [5.74, 6) is 2.68. The molecular weight excluding hydrogens is 1560 g/mol. The highest BCUT2D eigenvalue weighted by Gasteiger charge is 2.52. The van der Waals surface area contributed by atoms with Gasteiger partial charge in [0.2, 0.25) is 5.75 Å². The zero-order chi connectivity index (χ0) is 85.8. The van der Waals surface area contributed by atoms with Crippen LogP contribution in [0.15, 0.2) is 224 Å². The molecule has 0 aromatic heterocycles. The molecule has 2 heterocycles. The highest BCUT2D eigenvalue weighted by molar-refractivity contribution is 7.99. The molecule has 2 fully saturated rings. The summed E-state index contributed by atoms with van der Waals surface area (Å²) in [7, 11) is 0. The van der Waals surface area contributed by atoms with E-state index in [1.165, 1.54) is 193 Å². The lowest BCUT2D eigenvalue weighted by Gasteiger charge is -2.48. The number of benzene rings is 8. The van der Waals surface area contributed by atoms with Crippen molar-refractivity contribution >= 4 is 11.8 Å². The van der Waals surface area contributed by atoms with Crippen LogP contribution in [0.5, 0.6) is 17.2 Å². The maximum Gasteiger partial charge on any atom is 0.203 e. The number of unbranched alkanes of at least 4 members (excludes halogenated alkanes) is 33. The molecule has 0 spiro atoms. The molecule has 0 bridgehead atoms. The minimum absolute atomic E-state index is 0.0129. The van der Waals surface area contributed by atoms with E-state index in [0.717, 1.165) is 94.5 Å². The van der Waals surface area contributed by atoms with Crippen molar-refractivity contribution in [2.45, 2.75) is 364 Å². The van der Waals surface area contributed by atoms with E-state index in [2.05, 4.69) is 142 Å². The maximum absolute atomic E-state index is 7.79. The van der Waals surface area contributed by atoms with E-state index in [1.54, 1.807) is 11.8 Å². The van der Waals surface area contributed by atoms with Crippen molar-refractivity contribution in [1.82, 2.24) is 0 Å². The molecule has 2 aliphatic rings. The molecule has 124 heavy (non-hydrogen) atoms. The monoisotopic (exact) mass is 1720 g/mol. The van der Waals surface area contributed by atoms with Crippen molar-refractivity contribution in [3.63, 3.8) is 0 Å². The van der Waals surface area contributed by atoms with Crippen LogP contribution in [0, 0.1) is 0 Å². The Morgan fingerprint density at radius 3 is 0.839 bits per heavy atom. The lowest BCUT2D eigenvalue weighted by molar-refractivity contribution is -0.337.